The van der Waals surface area contributed by atoms with Gasteiger partial charge in [0.2, 0.25) is 11.8 Å². The molecule has 27 heavy (non-hydrogen) atoms. The number of anilines is 1. The summed E-state index contributed by atoms with van der Waals surface area (Å²) in [6.07, 6.45) is 1.12. The van der Waals surface area contributed by atoms with Crippen molar-refractivity contribution in [1.29, 1.82) is 0 Å². The summed E-state index contributed by atoms with van der Waals surface area (Å²) in [7, 11) is 0. The number of hydrogen-bond acceptors (Lipinski definition) is 4. The third kappa shape index (κ3) is 5.41. The minimum absolute atomic E-state index is 0.198. The molecule has 3 rings (SSSR count). The number of rotatable bonds is 7. The van der Waals surface area contributed by atoms with Crippen LogP contribution in [-0.2, 0) is 16.0 Å². The Balaban J connectivity index is 1.38. The van der Waals surface area contributed by atoms with Gasteiger partial charge in [0.15, 0.2) is 11.5 Å². The SMILES string of the molecule is Cc1ccc(NC(=O)CC(=O)NCCCc2nc3ccc(C)cc3o2)cc1. The molecule has 2 N–H and O–H groups in total. The first-order valence-electron chi connectivity index (χ1n) is 8.99. The van der Waals surface area contributed by atoms with Crippen LogP contribution < -0.4 is 10.6 Å². The quantitative estimate of drug-likeness (QED) is 0.496. The number of amides is 2. The lowest BCUT2D eigenvalue weighted by Crippen LogP contribution is -2.29. The van der Waals surface area contributed by atoms with Crippen molar-refractivity contribution in [3.63, 3.8) is 0 Å². The van der Waals surface area contributed by atoms with E-state index in [1.165, 1.54) is 0 Å². The first-order valence-corrected chi connectivity index (χ1v) is 8.99. The Morgan fingerprint density at radius 1 is 1.00 bits per heavy atom. The first-order chi connectivity index (χ1) is 13.0. The van der Waals surface area contributed by atoms with Gasteiger partial charge in [-0.15, -0.1) is 0 Å². The number of hydrogen-bond donors (Lipinski definition) is 2. The van der Waals surface area contributed by atoms with Crippen LogP contribution in [0.5, 0.6) is 0 Å². The Morgan fingerprint density at radius 3 is 2.52 bits per heavy atom. The van der Waals surface area contributed by atoms with E-state index in [9.17, 15) is 9.59 Å². The number of oxazole rings is 1. The van der Waals surface area contributed by atoms with Gasteiger partial charge in [0, 0.05) is 18.7 Å². The van der Waals surface area contributed by atoms with E-state index in [1.807, 2.05) is 56.3 Å². The maximum atomic E-state index is 11.9. The Morgan fingerprint density at radius 2 is 1.74 bits per heavy atom. The second-order valence-electron chi connectivity index (χ2n) is 6.62. The minimum Gasteiger partial charge on any atom is -0.441 e. The van der Waals surface area contributed by atoms with Gasteiger partial charge in [-0.05, 0) is 50.1 Å². The van der Waals surface area contributed by atoms with Crippen molar-refractivity contribution in [3.8, 4) is 0 Å². The first kappa shape index (κ1) is 18.6. The summed E-state index contributed by atoms with van der Waals surface area (Å²) in [6, 6.07) is 13.3. The number of aromatic nitrogens is 1. The fraction of sp³-hybridized carbons (Fsp3) is 0.286. The van der Waals surface area contributed by atoms with Crippen molar-refractivity contribution in [1.82, 2.24) is 10.3 Å². The lowest BCUT2D eigenvalue weighted by Gasteiger charge is -2.06. The molecule has 6 nitrogen and oxygen atoms in total. The molecule has 0 radical (unpaired) electrons. The monoisotopic (exact) mass is 365 g/mol. The molecule has 0 saturated carbocycles. The molecule has 0 saturated heterocycles. The topological polar surface area (TPSA) is 84.2 Å². The lowest BCUT2D eigenvalue weighted by molar-refractivity contribution is -0.126. The van der Waals surface area contributed by atoms with Gasteiger partial charge in [-0.1, -0.05) is 23.8 Å². The van der Waals surface area contributed by atoms with Gasteiger partial charge in [0.25, 0.3) is 0 Å². The Bertz CT molecular complexity index is 945. The number of carbonyl (C=O) groups is 2. The smallest absolute Gasteiger partial charge is 0.233 e. The van der Waals surface area contributed by atoms with Gasteiger partial charge in [0.1, 0.15) is 11.9 Å². The van der Waals surface area contributed by atoms with E-state index in [-0.39, 0.29) is 18.2 Å². The Hall–Kier alpha value is -3.15. The third-order valence-electron chi connectivity index (χ3n) is 4.13. The van der Waals surface area contributed by atoms with Gasteiger partial charge in [-0.2, -0.15) is 0 Å². The van der Waals surface area contributed by atoms with Crippen molar-refractivity contribution < 1.29 is 14.0 Å². The van der Waals surface area contributed by atoms with E-state index < -0.39 is 0 Å². The summed E-state index contributed by atoms with van der Waals surface area (Å²) >= 11 is 0. The molecule has 0 bridgehead atoms. The molecule has 0 unspecified atom stereocenters. The van der Waals surface area contributed by atoms with Gasteiger partial charge in [0.05, 0.1) is 0 Å². The summed E-state index contributed by atoms with van der Waals surface area (Å²) in [5.74, 6) is 0.0282. The average Bonchev–Trinajstić information content (AvgIpc) is 3.02. The number of nitrogens with zero attached hydrogens (tertiary/aromatic N) is 1. The normalized spacial score (nSPS) is 10.7. The van der Waals surface area contributed by atoms with E-state index in [4.69, 9.17) is 4.42 Å². The van der Waals surface area contributed by atoms with Crippen molar-refractivity contribution >= 4 is 28.6 Å². The molecule has 1 aromatic heterocycles. The number of benzene rings is 2. The number of fused-ring (bicyclic) bond motifs is 1. The van der Waals surface area contributed by atoms with Gasteiger partial charge < -0.3 is 15.1 Å². The average molecular weight is 365 g/mol. The van der Waals surface area contributed by atoms with Gasteiger partial charge in [-0.3, -0.25) is 9.59 Å². The van der Waals surface area contributed by atoms with Crippen LogP contribution in [-0.4, -0.2) is 23.3 Å². The molecule has 0 fully saturated rings. The number of aryl methyl sites for hydroxylation is 3. The second kappa shape index (κ2) is 8.49. The molecule has 0 aliphatic heterocycles. The maximum absolute atomic E-state index is 11.9. The van der Waals surface area contributed by atoms with Crippen LogP contribution in [0.25, 0.3) is 11.1 Å². The number of carbonyl (C=O) groups excluding carboxylic acids is 2. The minimum atomic E-state index is -0.328. The molecular formula is C21H23N3O3. The fourth-order valence-electron chi connectivity index (χ4n) is 2.70. The van der Waals surface area contributed by atoms with E-state index >= 15 is 0 Å². The van der Waals surface area contributed by atoms with Crippen LogP contribution in [0.2, 0.25) is 0 Å². The Labute approximate surface area is 158 Å². The highest BCUT2D eigenvalue weighted by molar-refractivity contribution is 6.03. The summed E-state index contributed by atoms with van der Waals surface area (Å²) in [6.45, 7) is 4.45. The molecule has 0 aliphatic carbocycles. The Kier molecular flexibility index (Phi) is 5.86. The molecule has 2 amide bonds. The van der Waals surface area contributed by atoms with Crippen LogP contribution in [0.3, 0.4) is 0 Å². The van der Waals surface area contributed by atoms with E-state index in [0.29, 0.717) is 31.0 Å². The molecular weight excluding hydrogens is 342 g/mol. The van der Waals surface area contributed by atoms with E-state index in [1.54, 1.807) is 0 Å². The predicted molar refractivity (Wildman–Crippen MR) is 105 cm³/mol. The molecule has 6 heteroatoms. The summed E-state index contributed by atoms with van der Waals surface area (Å²) in [4.78, 5) is 28.2. The van der Waals surface area contributed by atoms with Gasteiger partial charge >= 0.3 is 0 Å². The fourth-order valence-corrected chi connectivity index (χ4v) is 2.70. The van der Waals surface area contributed by atoms with Crippen LogP contribution in [0.1, 0.15) is 29.9 Å². The molecule has 140 valence electrons. The molecule has 0 spiro atoms. The zero-order chi connectivity index (χ0) is 19.2. The highest BCUT2D eigenvalue weighted by Gasteiger charge is 2.10. The van der Waals surface area contributed by atoms with Crippen LogP contribution in [0, 0.1) is 13.8 Å². The van der Waals surface area contributed by atoms with E-state index in [2.05, 4.69) is 15.6 Å². The van der Waals surface area contributed by atoms with Crippen LogP contribution >= 0.6 is 0 Å². The zero-order valence-electron chi connectivity index (χ0n) is 15.5. The zero-order valence-corrected chi connectivity index (χ0v) is 15.5. The van der Waals surface area contributed by atoms with Gasteiger partial charge in [-0.25, -0.2) is 4.98 Å². The molecule has 0 aliphatic rings. The van der Waals surface area contributed by atoms with E-state index in [0.717, 1.165) is 22.2 Å². The number of nitrogens with one attached hydrogen (secondary N) is 2. The largest absolute Gasteiger partial charge is 0.441 e. The second-order valence-corrected chi connectivity index (χ2v) is 6.62. The summed E-state index contributed by atoms with van der Waals surface area (Å²) < 4.78 is 5.71. The van der Waals surface area contributed by atoms with Crippen molar-refractivity contribution in [2.75, 3.05) is 11.9 Å². The van der Waals surface area contributed by atoms with Crippen molar-refractivity contribution in [2.45, 2.75) is 33.1 Å². The van der Waals surface area contributed by atoms with Crippen LogP contribution in [0.15, 0.2) is 46.9 Å². The predicted octanol–water partition coefficient (Wildman–Crippen LogP) is 3.52. The highest BCUT2D eigenvalue weighted by atomic mass is 16.3. The van der Waals surface area contributed by atoms with Crippen molar-refractivity contribution in [3.05, 3.63) is 59.5 Å². The molecule has 3 aromatic rings. The highest BCUT2D eigenvalue weighted by Crippen LogP contribution is 2.17. The standard InChI is InChI=1S/C21H23N3O3/c1-14-5-8-16(9-6-14)23-20(26)13-19(25)22-11-3-4-21-24-17-10-7-15(2)12-18(17)27-21/h5-10,12H,3-4,11,13H2,1-2H3,(H,22,25)(H,23,26). The molecule has 2 aromatic carbocycles. The maximum Gasteiger partial charge on any atom is 0.233 e. The molecule has 0 atom stereocenters. The summed E-state index contributed by atoms with van der Waals surface area (Å²) in [5, 5.41) is 5.46. The third-order valence-corrected chi connectivity index (χ3v) is 4.13. The summed E-state index contributed by atoms with van der Waals surface area (Å²) in [5.41, 5.74) is 4.54. The molecule has 1 heterocycles. The van der Waals surface area contributed by atoms with Crippen LogP contribution in [0.4, 0.5) is 5.69 Å². The van der Waals surface area contributed by atoms with Crippen molar-refractivity contribution in [2.24, 2.45) is 0 Å². The lowest BCUT2D eigenvalue weighted by atomic mass is 10.2.